The summed E-state index contributed by atoms with van der Waals surface area (Å²) in [4.78, 5) is 0.0406. The van der Waals surface area contributed by atoms with E-state index in [-0.39, 0.29) is 9.92 Å². The molecule has 2 unspecified atom stereocenters. The fourth-order valence-corrected chi connectivity index (χ4v) is 4.72. The third kappa shape index (κ3) is 3.95. The van der Waals surface area contributed by atoms with Gasteiger partial charge in [-0.2, -0.15) is 0 Å². The van der Waals surface area contributed by atoms with Gasteiger partial charge >= 0.3 is 0 Å². The summed E-state index contributed by atoms with van der Waals surface area (Å²) in [6.07, 6.45) is 3.50. The number of aliphatic hydroxyl groups is 1. The average molecular weight is 383 g/mol. The van der Waals surface area contributed by atoms with Crippen molar-refractivity contribution in [3.63, 3.8) is 0 Å². The maximum Gasteiger partial charge on any atom is 0.242 e. The van der Waals surface area contributed by atoms with Gasteiger partial charge in [-0.05, 0) is 31.0 Å². The zero-order valence-corrected chi connectivity index (χ0v) is 14.0. The lowest BCUT2D eigenvalue weighted by atomic mass is 10.1. The largest absolute Gasteiger partial charge is 0.391 e. The van der Waals surface area contributed by atoms with Crippen LogP contribution in [0.3, 0.4) is 0 Å². The Kier molecular flexibility index (Phi) is 5.48. The molecular weight excluding hydrogens is 366 g/mol. The summed E-state index contributed by atoms with van der Waals surface area (Å²) in [5.41, 5.74) is 0. The predicted molar refractivity (Wildman–Crippen MR) is 82.4 cm³/mol. The molecule has 2 N–H and O–H groups in total. The van der Waals surface area contributed by atoms with Gasteiger partial charge in [0.15, 0.2) is 0 Å². The molecule has 7 heteroatoms. The molecule has 1 aromatic rings. The van der Waals surface area contributed by atoms with Crippen LogP contribution in [0.5, 0.6) is 0 Å². The standard InChI is InChI=1S/C13H17BrClNO3S/c14-9-6-7-13(10(15)8-9)20(18,19)16-11-4-2-1-3-5-12(11)17/h6-8,11-12,16-17H,1-5H2. The third-order valence-electron chi connectivity index (χ3n) is 3.47. The Labute approximate surface area is 132 Å². The second kappa shape index (κ2) is 6.75. The van der Waals surface area contributed by atoms with Crippen LogP contribution in [-0.4, -0.2) is 25.7 Å². The van der Waals surface area contributed by atoms with Crippen LogP contribution in [0.15, 0.2) is 27.6 Å². The highest BCUT2D eigenvalue weighted by Gasteiger charge is 2.28. The number of rotatable bonds is 3. The van der Waals surface area contributed by atoms with Crippen LogP contribution in [0.2, 0.25) is 5.02 Å². The molecule has 112 valence electrons. The van der Waals surface area contributed by atoms with Gasteiger partial charge in [-0.3, -0.25) is 0 Å². The van der Waals surface area contributed by atoms with Gasteiger partial charge < -0.3 is 5.11 Å². The van der Waals surface area contributed by atoms with Crippen molar-refractivity contribution in [3.8, 4) is 0 Å². The zero-order valence-electron chi connectivity index (χ0n) is 10.9. The van der Waals surface area contributed by atoms with Gasteiger partial charge in [0.2, 0.25) is 10.0 Å². The first-order valence-corrected chi connectivity index (χ1v) is 9.21. The molecule has 2 atom stereocenters. The Morgan fingerprint density at radius 2 is 1.95 bits per heavy atom. The van der Waals surface area contributed by atoms with Crippen LogP contribution < -0.4 is 4.72 Å². The quantitative estimate of drug-likeness (QED) is 0.790. The van der Waals surface area contributed by atoms with Crippen molar-refractivity contribution >= 4 is 37.6 Å². The molecule has 0 radical (unpaired) electrons. The second-order valence-electron chi connectivity index (χ2n) is 5.01. The molecule has 1 aliphatic carbocycles. The van der Waals surface area contributed by atoms with Gasteiger partial charge in [-0.25, -0.2) is 13.1 Å². The van der Waals surface area contributed by atoms with Crippen LogP contribution in [0.4, 0.5) is 0 Å². The highest BCUT2D eigenvalue weighted by molar-refractivity contribution is 9.10. The second-order valence-corrected chi connectivity index (χ2v) is 8.01. The normalized spacial score (nSPS) is 24.4. The van der Waals surface area contributed by atoms with Gasteiger partial charge in [0.25, 0.3) is 0 Å². The van der Waals surface area contributed by atoms with Crippen molar-refractivity contribution < 1.29 is 13.5 Å². The molecule has 0 spiro atoms. The zero-order chi connectivity index (χ0) is 14.8. The Bertz CT molecular complexity index is 579. The molecule has 4 nitrogen and oxygen atoms in total. The maximum atomic E-state index is 12.4. The molecule has 20 heavy (non-hydrogen) atoms. The van der Waals surface area contributed by atoms with E-state index in [0.29, 0.717) is 12.8 Å². The number of benzene rings is 1. The van der Waals surface area contributed by atoms with E-state index in [4.69, 9.17) is 11.6 Å². The smallest absolute Gasteiger partial charge is 0.242 e. The van der Waals surface area contributed by atoms with E-state index in [9.17, 15) is 13.5 Å². The van der Waals surface area contributed by atoms with E-state index < -0.39 is 22.2 Å². The molecule has 0 aliphatic heterocycles. The molecule has 1 aromatic carbocycles. The fraction of sp³-hybridized carbons (Fsp3) is 0.538. The SMILES string of the molecule is O=S(=O)(NC1CCCCCC1O)c1ccc(Br)cc1Cl. The van der Waals surface area contributed by atoms with Crippen LogP contribution in [0, 0.1) is 0 Å². The monoisotopic (exact) mass is 381 g/mol. The van der Waals surface area contributed by atoms with E-state index in [1.807, 2.05) is 0 Å². The highest BCUT2D eigenvalue weighted by atomic mass is 79.9. The van der Waals surface area contributed by atoms with E-state index >= 15 is 0 Å². The van der Waals surface area contributed by atoms with Gasteiger partial charge in [0, 0.05) is 10.5 Å². The summed E-state index contributed by atoms with van der Waals surface area (Å²) < 4.78 is 28.0. The van der Waals surface area contributed by atoms with E-state index in [1.165, 1.54) is 6.07 Å². The minimum atomic E-state index is -3.72. The molecule has 1 fully saturated rings. The van der Waals surface area contributed by atoms with Crippen LogP contribution in [0.1, 0.15) is 32.1 Å². The Morgan fingerprint density at radius 1 is 1.25 bits per heavy atom. The van der Waals surface area contributed by atoms with Crippen LogP contribution in [0.25, 0.3) is 0 Å². The molecule has 0 bridgehead atoms. The lowest BCUT2D eigenvalue weighted by Gasteiger charge is -2.22. The van der Waals surface area contributed by atoms with Crippen molar-refractivity contribution in [2.75, 3.05) is 0 Å². The van der Waals surface area contributed by atoms with E-state index in [2.05, 4.69) is 20.7 Å². The number of sulfonamides is 1. The molecule has 0 heterocycles. The fourth-order valence-electron chi connectivity index (χ4n) is 2.38. The lowest BCUT2D eigenvalue weighted by molar-refractivity contribution is 0.130. The summed E-state index contributed by atoms with van der Waals surface area (Å²) in [6.45, 7) is 0. The molecule has 1 aliphatic rings. The highest BCUT2D eigenvalue weighted by Crippen LogP contribution is 2.26. The summed E-state index contributed by atoms with van der Waals surface area (Å²) in [5.74, 6) is 0. The van der Waals surface area contributed by atoms with Gasteiger partial charge in [-0.1, -0.05) is 46.8 Å². The number of hydrogen-bond acceptors (Lipinski definition) is 3. The van der Waals surface area contributed by atoms with E-state index in [1.54, 1.807) is 12.1 Å². The van der Waals surface area contributed by atoms with Crippen molar-refractivity contribution in [2.24, 2.45) is 0 Å². The maximum absolute atomic E-state index is 12.4. The van der Waals surface area contributed by atoms with Gasteiger partial charge in [-0.15, -0.1) is 0 Å². The summed E-state index contributed by atoms with van der Waals surface area (Å²) in [7, 11) is -3.72. The van der Waals surface area contributed by atoms with Crippen molar-refractivity contribution in [3.05, 3.63) is 27.7 Å². The Morgan fingerprint density at radius 3 is 2.65 bits per heavy atom. The van der Waals surface area contributed by atoms with Crippen molar-refractivity contribution in [1.82, 2.24) is 4.72 Å². The number of aliphatic hydroxyl groups excluding tert-OH is 1. The average Bonchev–Trinajstić information content (AvgIpc) is 2.54. The summed E-state index contributed by atoms with van der Waals surface area (Å²) in [6, 6.07) is 4.18. The molecule has 0 amide bonds. The molecule has 0 saturated heterocycles. The summed E-state index contributed by atoms with van der Waals surface area (Å²) in [5, 5.41) is 10.2. The first-order valence-electron chi connectivity index (χ1n) is 6.55. The molecular formula is C13H17BrClNO3S. The van der Waals surface area contributed by atoms with Crippen molar-refractivity contribution in [2.45, 2.75) is 49.1 Å². The predicted octanol–water partition coefficient (Wildman–Crippen LogP) is 3.07. The number of halogens is 2. The Hall–Kier alpha value is -0.140. The topological polar surface area (TPSA) is 66.4 Å². The Balaban J connectivity index is 2.21. The number of hydrogen-bond donors (Lipinski definition) is 2. The first-order chi connectivity index (χ1) is 9.40. The molecule has 0 aromatic heterocycles. The molecule has 1 saturated carbocycles. The van der Waals surface area contributed by atoms with Crippen LogP contribution >= 0.6 is 27.5 Å². The summed E-state index contributed by atoms with van der Waals surface area (Å²) >= 11 is 9.23. The van der Waals surface area contributed by atoms with Gasteiger partial charge in [0.05, 0.1) is 11.1 Å². The van der Waals surface area contributed by atoms with Gasteiger partial charge in [0.1, 0.15) is 4.90 Å². The number of nitrogens with one attached hydrogen (secondary N) is 1. The molecule has 2 rings (SSSR count). The minimum Gasteiger partial charge on any atom is -0.391 e. The van der Waals surface area contributed by atoms with E-state index in [0.717, 1.165) is 23.7 Å². The minimum absolute atomic E-state index is 0.0406. The first kappa shape index (κ1) is 16.2. The third-order valence-corrected chi connectivity index (χ3v) is 5.94. The van der Waals surface area contributed by atoms with Crippen molar-refractivity contribution in [1.29, 1.82) is 0 Å². The van der Waals surface area contributed by atoms with Crippen LogP contribution in [-0.2, 0) is 10.0 Å². The lowest BCUT2D eigenvalue weighted by Crippen LogP contribution is -2.42.